The second kappa shape index (κ2) is 10.2. The van der Waals surface area contributed by atoms with Crippen LogP contribution in [0.25, 0.3) is 98.4 Å². The molecule has 9 aromatic carbocycles. The van der Waals surface area contributed by atoms with E-state index in [0.717, 1.165) is 0 Å². The smallest absolute Gasteiger partial charge is 0.136 e. The first kappa shape index (κ1) is 10.7. The van der Waals surface area contributed by atoms with Gasteiger partial charge < -0.3 is 4.42 Å². The molecule has 0 atom stereocenters. The lowest BCUT2D eigenvalue weighted by Gasteiger charge is -2.18. The molecule has 0 aliphatic heterocycles. The van der Waals surface area contributed by atoms with Crippen molar-refractivity contribution in [3.63, 3.8) is 0 Å². The molecule has 0 amide bonds. The second-order valence-electron chi connectivity index (χ2n) is 10.3. The first-order chi connectivity index (χ1) is 35.0. The minimum Gasteiger partial charge on any atom is -0.456 e. The van der Waals surface area contributed by atoms with Crippen molar-refractivity contribution < 1.29 is 42.8 Å². The molecule has 0 fully saturated rings. The molecule has 10 rings (SSSR count). The maximum Gasteiger partial charge on any atom is 0.136 e. The van der Waals surface area contributed by atoms with Gasteiger partial charge in [0.05, 0.1) is 38.4 Å². The number of hydrogen-bond donors (Lipinski definition) is 0. The summed E-state index contributed by atoms with van der Waals surface area (Å²) in [5, 5.41) is -6.29. The molecular formula is C46H28O. The van der Waals surface area contributed by atoms with E-state index in [2.05, 4.69) is 0 Å². The fourth-order valence-electron chi connectivity index (χ4n) is 5.61. The molecule has 218 valence electrons. The fourth-order valence-corrected chi connectivity index (χ4v) is 5.61. The molecule has 0 aliphatic carbocycles. The van der Waals surface area contributed by atoms with Gasteiger partial charge in [0.1, 0.15) is 11.2 Å². The molecule has 0 unspecified atom stereocenters. The van der Waals surface area contributed by atoms with E-state index in [9.17, 15) is 17.8 Å². The molecule has 0 spiro atoms. The van der Waals surface area contributed by atoms with Crippen molar-refractivity contribution in [3.8, 4) is 33.4 Å². The van der Waals surface area contributed by atoms with Crippen LogP contribution in [0.1, 0.15) is 38.4 Å². The highest BCUT2D eigenvalue weighted by atomic mass is 16.3. The van der Waals surface area contributed by atoms with E-state index in [0.29, 0.717) is 0 Å². The van der Waals surface area contributed by atoms with Crippen LogP contribution in [0.15, 0.2) is 174 Å². The molecule has 1 heterocycles. The van der Waals surface area contributed by atoms with Gasteiger partial charge in [-0.05, 0) is 113 Å². The van der Waals surface area contributed by atoms with Gasteiger partial charge in [0.15, 0.2) is 0 Å². The van der Waals surface area contributed by atoms with E-state index in [4.69, 9.17) is 25.0 Å². The molecule has 0 radical (unpaired) electrons. The maximum atomic E-state index is 9.82. The van der Waals surface area contributed by atoms with Crippen LogP contribution in [0.2, 0.25) is 0 Å². The van der Waals surface area contributed by atoms with Crippen molar-refractivity contribution in [2.75, 3.05) is 0 Å². The van der Waals surface area contributed by atoms with Crippen LogP contribution in [-0.2, 0) is 0 Å². The van der Waals surface area contributed by atoms with Gasteiger partial charge in [-0.1, -0.05) is 133 Å². The first-order valence-electron chi connectivity index (χ1n) is 27.9. The van der Waals surface area contributed by atoms with Gasteiger partial charge in [0.25, 0.3) is 0 Å². The SMILES string of the molecule is [2H]c1c([2H])c([2H])c(-c2c([2H])c([2H])c3c([2H])c(-c4c5c([2H])c([2H])c([2H])c([2H])c5c(-c5c([2H])c([2H])c6oc7c([2H])c8c([2H])c([2H])c([2H])c([2H])c8c([2H])c7c6c5[2H])c5c([2H])c([2H])c([2H])c([2H])c45)c([2H])c([2H])c3c2[2H])c([2H])c1[2H]. The van der Waals surface area contributed by atoms with E-state index in [1.165, 1.54) is 0 Å². The summed E-state index contributed by atoms with van der Waals surface area (Å²) in [5.74, 6) is 0. The van der Waals surface area contributed by atoms with Crippen LogP contribution in [0.5, 0.6) is 0 Å². The van der Waals surface area contributed by atoms with Crippen molar-refractivity contribution in [2.24, 2.45) is 0 Å². The molecule has 1 heteroatoms. The number of furan rings is 1. The first-order valence-corrected chi connectivity index (χ1v) is 13.9. The summed E-state index contributed by atoms with van der Waals surface area (Å²) in [6.45, 7) is 0. The summed E-state index contributed by atoms with van der Waals surface area (Å²) in [7, 11) is 0. The zero-order valence-corrected chi connectivity index (χ0v) is 23.4. The summed E-state index contributed by atoms with van der Waals surface area (Å²) >= 11 is 0. The van der Waals surface area contributed by atoms with E-state index in [1.807, 2.05) is 0 Å². The molecule has 0 aliphatic rings. The molecule has 10 aromatic rings. The third kappa shape index (κ3) is 4.10. The van der Waals surface area contributed by atoms with Crippen molar-refractivity contribution in [3.05, 3.63) is 169 Å². The Hall–Kier alpha value is -6.18. The zero-order chi connectivity index (χ0) is 55.3. The molecule has 0 saturated carbocycles. The van der Waals surface area contributed by atoms with Gasteiger partial charge in [-0.3, -0.25) is 0 Å². The predicted octanol–water partition coefficient (Wildman–Crippen LogP) is 13.2. The van der Waals surface area contributed by atoms with Gasteiger partial charge >= 0.3 is 0 Å². The van der Waals surface area contributed by atoms with Gasteiger partial charge in [0.2, 0.25) is 0 Å². The summed E-state index contributed by atoms with van der Waals surface area (Å²) in [5.41, 5.74) is -5.63. The highest BCUT2D eigenvalue weighted by Crippen LogP contribution is 2.45. The lowest BCUT2D eigenvalue weighted by Crippen LogP contribution is -1.91. The van der Waals surface area contributed by atoms with Crippen molar-refractivity contribution in [1.82, 2.24) is 0 Å². The van der Waals surface area contributed by atoms with Crippen molar-refractivity contribution >= 4 is 65.0 Å². The Morgan fingerprint density at radius 3 is 1.43 bits per heavy atom. The minimum atomic E-state index is -1.05. The summed E-state index contributed by atoms with van der Waals surface area (Å²) < 4.78 is 257. The lowest BCUT2D eigenvalue weighted by molar-refractivity contribution is 0.669. The van der Waals surface area contributed by atoms with Gasteiger partial charge in [-0.15, -0.1) is 0 Å². The molecule has 0 N–H and O–H groups in total. The van der Waals surface area contributed by atoms with Gasteiger partial charge in [-0.2, -0.15) is 0 Å². The monoisotopic (exact) mass is 624 g/mol. The summed E-state index contributed by atoms with van der Waals surface area (Å²) in [4.78, 5) is 0. The molecule has 0 saturated heterocycles. The quantitative estimate of drug-likeness (QED) is 0.178. The molecular weight excluding hydrogens is 569 g/mol. The number of benzene rings is 9. The van der Waals surface area contributed by atoms with Crippen LogP contribution in [-0.4, -0.2) is 0 Å². The number of hydrogen-bond acceptors (Lipinski definition) is 1. The van der Waals surface area contributed by atoms with Crippen LogP contribution < -0.4 is 0 Å². The Balaban J connectivity index is 1.46. The third-order valence-corrected chi connectivity index (χ3v) is 7.64. The number of fused-ring (bicyclic) bond motifs is 7. The Morgan fingerprint density at radius 2 is 0.766 bits per heavy atom. The van der Waals surface area contributed by atoms with Crippen LogP contribution in [0.3, 0.4) is 0 Å². The van der Waals surface area contributed by atoms with E-state index >= 15 is 0 Å². The Morgan fingerprint density at radius 1 is 0.298 bits per heavy atom. The average molecular weight is 625 g/mol. The summed E-state index contributed by atoms with van der Waals surface area (Å²) in [6.07, 6.45) is 0. The van der Waals surface area contributed by atoms with E-state index < -0.39 is 268 Å². The largest absolute Gasteiger partial charge is 0.456 e. The summed E-state index contributed by atoms with van der Waals surface area (Å²) in [6, 6.07) is -25.3. The Kier molecular flexibility index (Phi) is 2.31. The highest BCUT2D eigenvalue weighted by Gasteiger charge is 2.18. The van der Waals surface area contributed by atoms with Crippen molar-refractivity contribution in [1.29, 1.82) is 0 Å². The average Bonchev–Trinajstić information content (AvgIpc) is 3.80. The van der Waals surface area contributed by atoms with Crippen molar-refractivity contribution in [2.45, 2.75) is 0 Å². The maximum absolute atomic E-state index is 9.82. The van der Waals surface area contributed by atoms with Crippen LogP contribution in [0.4, 0.5) is 0 Å². The standard InChI is InChI=1S/C46H28O/c1-2-10-29(11-3-1)32-18-19-34-25-35(21-20-33(34)24-32)45-37-14-6-8-16-39(37)46(40-17-9-7-15-38(40)45)36-22-23-43-41(27-36)42-26-30-12-4-5-13-31(30)28-44(42)47-43/h1-28H/i1D,2D,3D,4D,5D,6D,7D,8D,9D,10D,11D,12D,13D,14D,15D,16D,17D,18D,19D,20D,21D,22D,23D,24D,25D,26D,27D,28D. The molecule has 47 heavy (non-hydrogen) atoms. The lowest BCUT2D eigenvalue weighted by atomic mass is 9.85. The third-order valence-electron chi connectivity index (χ3n) is 7.64. The molecule has 1 nitrogen and oxygen atoms in total. The normalized spacial score (nSPS) is 20.2. The van der Waals surface area contributed by atoms with E-state index in [-0.39, 0.29) is 0 Å². The predicted molar refractivity (Wildman–Crippen MR) is 200 cm³/mol. The van der Waals surface area contributed by atoms with E-state index in [1.54, 1.807) is 0 Å². The Bertz CT molecular complexity index is 4330. The van der Waals surface area contributed by atoms with Gasteiger partial charge in [-0.25, -0.2) is 0 Å². The highest BCUT2D eigenvalue weighted by molar-refractivity contribution is 6.22. The number of rotatable bonds is 3. The molecule has 1 aromatic heterocycles. The topological polar surface area (TPSA) is 13.1 Å². The molecule has 0 bridgehead atoms. The minimum absolute atomic E-state index is 0.446. The second-order valence-corrected chi connectivity index (χ2v) is 10.3. The van der Waals surface area contributed by atoms with Gasteiger partial charge in [0, 0.05) is 10.8 Å². The fraction of sp³-hybridized carbons (Fsp3) is 0. The van der Waals surface area contributed by atoms with Crippen LogP contribution in [0, 0.1) is 0 Å². The Labute approximate surface area is 311 Å². The van der Waals surface area contributed by atoms with Crippen LogP contribution >= 0.6 is 0 Å². The zero-order valence-electron chi connectivity index (χ0n) is 51.4.